The number of likely N-dealkylation sites (tertiary alicyclic amines) is 1. The van der Waals surface area contributed by atoms with Gasteiger partial charge in [-0.15, -0.1) is 0 Å². The summed E-state index contributed by atoms with van der Waals surface area (Å²) in [4.78, 5) is 13.3. The van der Waals surface area contributed by atoms with Crippen molar-refractivity contribution in [3.8, 4) is 0 Å². The topological polar surface area (TPSA) is 32.3 Å². The van der Waals surface area contributed by atoms with Crippen LogP contribution in [0.15, 0.2) is 0 Å². The molecule has 0 unspecified atom stereocenters. The van der Waals surface area contributed by atoms with Gasteiger partial charge in [0.05, 0.1) is 5.54 Å². The zero-order valence-electron chi connectivity index (χ0n) is 7.60. The number of nitrogens with zero attached hydrogens (tertiary/aromatic N) is 1. The predicted molar refractivity (Wildman–Crippen MR) is 46.8 cm³/mol. The Bertz CT molecular complexity index is 197. The Hall–Kier alpha value is -0.570. The molecule has 1 N–H and O–H groups in total. The van der Waals surface area contributed by atoms with Crippen LogP contribution in [0, 0.1) is 0 Å². The number of likely N-dealkylation sites (N-methyl/N-ethyl adjacent to an activating group) is 1. The van der Waals surface area contributed by atoms with E-state index in [1.54, 1.807) is 0 Å². The van der Waals surface area contributed by atoms with Crippen LogP contribution in [0.25, 0.3) is 0 Å². The molecule has 1 amide bonds. The van der Waals surface area contributed by atoms with Gasteiger partial charge in [-0.3, -0.25) is 4.79 Å². The molecule has 0 bridgehead atoms. The van der Waals surface area contributed by atoms with Crippen molar-refractivity contribution in [2.24, 2.45) is 0 Å². The van der Waals surface area contributed by atoms with Crippen molar-refractivity contribution >= 4 is 5.91 Å². The average molecular weight is 168 g/mol. The molecule has 68 valence electrons. The van der Waals surface area contributed by atoms with Crippen LogP contribution in [0.5, 0.6) is 0 Å². The van der Waals surface area contributed by atoms with Gasteiger partial charge in [0.15, 0.2) is 0 Å². The van der Waals surface area contributed by atoms with Crippen LogP contribution >= 0.6 is 0 Å². The molecular weight excluding hydrogens is 152 g/mol. The van der Waals surface area contributed by atoms with Crippen LogP contribution in [-0.2, 0) is 4.79 Å². The fourth-order valence-electron chi connectivity index (χ4n) is 2.39. The van der Waals surface area contributed by atoms with Gasteiger partial charge >= 0.3 is 0 Å². The van der Waals surface area contributed by atoms with Crippen LogP contribution in [0.3, 0.4) is 0 Å². The second kappa shape index (κ2) is 2.73. The molecule has 2 fully saturated rings. The number of nitrogens with one attached hydrogen (secondary N) is 1. The quantitative estimate of drug-likeness (QED) is 0.566. The Morgan fingerprint density at radius 3 is 2.83 bits per heavy atom. The number of hydrogen-bond donors (Lipinski definition) is 1. The van der Waals surface area contributed by atoms with Gasteiger partial charge in [-0.1, -0.05) is 0 Å². The Kier molecular flexibility index (Phi) is 1.83. The van der Waals surface area contributed by atoms with Gasteiger partial charge in [-0.2, -0.15) is 0 Å². The van der Waals surface area contributed by atoms with E-state index < -0.39 is 0 Å². The summed E-state index contributed by atoms with van der Waals surface area (Å²) in [5.74, 6) is 0.318. The number of piperidine rings is 1. The number of hydrogen-bond acceptors (Lipinski definition) is 2. The third kappa shape index (κ3) is 1.04. The minimum Gasteiger partial charge on any atom is -0.339 e. The van der Waals surface area contributed by atoms with Crippen molar-refractivity contribution in [1.82, 2.24) is 10.2 Å². The molecule has 0 radical (unpaired) electrons. The van der Waals surface area contributed by atoms with E-state index in [9.17, 15) is 4.79 Å². The molecule has 3 nitrogen and oxygen atoms in total. The van der Waals surface area contributed by atoms with E-state index >= 15 is 0 Å². The smallest absolute Gasteiger partial charge is 0.222 e. The molecule has 2 aliphatic heterocycles. The lowest BCUT2D eigenvalue weighted by Crippen LogP contribution is -2.53. The predicted octanol–water partition coefficient (Wildman–Crippen LogP) is 0.361. The lowest BCUT2D eigenvalue weighted by molar-refractivity contribution is -0.130. The van der Waals surface area contributed by atoms with Crippen LogP contribution < -0.4 is 5.32 Å². The molecule has 0 aromatic rings. The summed E-state index contributed by atoms with van der Waals surface area (Å²) in [6.07, 6.45) is 4.19. The molecule has 0 aromatic heterocycles. The first kappa shape index (κ1) is 8.05. The van der Waals surface area contributed by atoms with E-state index in [4.69, 9.17) is 0 Å². The summed E-state index contributed by atoms with van der Waals surface area (Å²) in [7, 11) is 1.95. The number of carbonyl (C=O) groups is 1. The van der Waals surface area contributed by atoms with E-state index in [1.165, 1.54) is 12.8 Å². The second-order valence-corrected chi connectivity index (χ2v) is 3.96. The van der Waals surface area contributed by atoms with Gasteiger partial charge in [0.1, 0.15) is 0 Å². The summed E-state index contributed by atoms with van der Waals surface area (Å²) < 4.78 is 0. The monoisotopic (exact) mass is 168 g/mol. The highest BCUT2D eigenvalue weighted by molar-refractivity contribution is 5.79. The first-order valence-electron chi connectivity index (χ1n) is 4.72. The van der Waals surface area contributed by atoms with Gasteiger partial charge in [0, 0.05) is 20.0 Å². The highest BCUT2D eigenvalue weighted by Crippen LogP contribution is 2.33. The first-order chi connectivity index (χ1) is 5.75. The molecule has 2 rings (SSSR count). The van der Waals surface area contributed by atoms with E-state index in [1.807, 2.05) is 11.9 Å². The largest absolute Gasteiger partial charge is 0.339 e. The van der Waals surface area contributed by atoms with Crippen LogP contribution in [0.1, 0.15) is 25.7 Å². The molecule has 2 aliphatic rings. The van der Waals surface area contributed by atoms with Gasteiger partial charge in [-0.05, 0) is 25.8 Å². The fourth-order valence-corrected chi connectivity index (χ4v) is 2.39. The molecule has 0 aliphatic carbocycles. The van der Waals surface area contributed by atoms with E-state index in [2.05, 4.69) is 5.32 Å². The van der Waals surface area contributed by atoms with E-state index in [0.717, 1.165) is 25.9 Å². The van der Waals surface area contributed by atoms with Crippen LogP contribution in [-0.4, -0.2) is 36.5 Å². The SMILES string of the molecule is CN1C(=O)CC[C@]12CCCNC2. The summed E-state index contributed by atoms with van der Waals surface area (Å²) >= 11 is 0. The van der Waals surface area contributed by atoms with Gasteiger partial charge in [-0.25, -0.2) is 0 Å². The molecule has 2 saturated heterocycles. The van der Waals surface area contributed by atoms with Crippen molar-refractivity contribution in [2.45, 2.75) is 31.2 Å². The molecule has 0 saturated carbocycles. The van der Waals surface area contributed by atoms with Crippen molar-refractivity contribution in [2.75, 3.05) is 20.1 Å². The zero-order valence-corrected chi connectivity index (χ0v) is 7.60. The van der Waals surface area contributed by atoms with Crippen molar-refractivity contribution in [1.29, 1.82) is 0 Å². The minimum atomic E-state index is 0.176. The second-order valence-electron chi connectivity index (χ2n) is 3.96. The van der Waals surface area contributed by atoms with Gasteiger partial charge in [0.2, 0.25) is 5.91 Å². The third-order valence-corrected chi connectivity index (χ3v) is 3.34. The van der Waals surface area contributed by atoms with E-state index in [0.29, 0.717) is 5.91 Å². The van der Waals surface area contributed by atoms with Crippen molar-refractivity contribution < 1.29 is 4.79 Å². The Morgan fingerprint density at radius 2 is 2.33 bits per heavy atom. The minimum absolute atomic E-state index is 0.176. The van der Waals surface area contributed by atoms with E-state index in [-0.39, 0.29) is 5.54 Å². The van der Waals surface area contributed by atoms with Crippen molar-refractivity contribution in [3.63, 3.8) is 0 Å². The molecule has 1 spiro atoms. The summed E-state index contributed by atoms with van der Waals surface area (Å²) in [5, 5.41) is 3.37. The normalized spacial score (nSPS) is 36.4. The Morgan fingerprint density at radius 1 is 1.50 bits per heavy atom. The van der Waals surface area contributed by atoms with Gasteiger partial charge in [0.25, 0.3) is 0 Å². The number of carbonyl (C=O) groups excluding carboxylic acids is 1. The summed E-state index contributed by atoms with van der Waals surface area (Å²) in [6, 6.07) is 0. The summed E-state index contributed by atoms with van der Waals surface area (Å²) in [6.45, 7) is 2.11. The van der Waals surface area contributed by atoms with Crippen LogP contribution in [0.4, 0.5) is 0 Å². The molecule has 12 heavy (non-hydrogen) atoms. The fraction of sp³-hybridized carbons (Fsp3) is 0.889. The highest BCUT2D eigenvalue weighted by Gasteiger charge is 2.43. The molecule has 3 heteroatoms. The summed E-state index contributed by atoms with van der Waals surface area (Å²) in [5.41, 5.74) is 0.176. The van der Waals surface area contributed by atoms with Crippen molar-refractivity contribution in [3.05, 3.63) is 0 Å². The molecule has 1 atom stereocenters. The lowest BCUT2D eigenvalue weighted by Gasteiger charge is -2.39. The lowest BCUT2D eigenvalue weighted by atomic mass is 9.88. The molecular formula is C9H16N2O. The molecule has 0 aromatic carbocycles. The number of rotatable bonds is 0. The maximum absolute atomic E-state index is 11.3. The first-order valence-corrected chi connectivity index (χ1v) is 4.72. The molecule has 2 heterocycles. The average Bonchev–Trinajstić information content (AvgIpc) is 2.37. The van der Waals surface area contributed by atoms with Crippen LogP contribution in [0.2, 0.25) is 0 Å². The number of amides is 1. The highest BCUT2D eigenvalue weighted by atomic mass is 16.2. The Balaban J connectivity index is 2.14. The maximum atomic E-state index is 11.3. The van der Waals surface area contributed by atoms with Gasteiger partial charge < -0.3 is 10.2 Å². The zero-order chi connectivity index (χ0) is 8.60. The standard InChI is InChI=1S/C9H16N2O/c1-11-8(12)3-5-9(11)4-2-6-10-7-9/h10H,2-7H2,1H3/t9-/m0/s1. The third-order valence-electron chi connectivity index (χ3n) is 3.34. The maximum Gasteiger partial charge on any atom is 0.222 e. The Labute approximate surface area is 73.1 Å².